The quantitative estimate of drug-likeness (QED) is 0.367. The number of hydrogen-bond donors (Lipinski definition) is 0. The van der Waals surface area contributed by atoms with E-state index in [4.69, 9.17) is 0 Å². The molecule has 3 aromatic rings. The third kappa shape index (κ3) is 4.55. The lowest BCUT2D eigenvalue weighted by atomic mass is 9.66. The molecule has 1 aliphatic carbocycles. The van der Waals surface area contributed by atoms with E-state index in [-0.39, 0.29) is 5.41 Å². The molecule has 0 fully saturated rings. The topological polar surface area (TPSA) is 0 Å². The Kier molecular flexibility index (Phi) is 9.47. The van der Waals surface area contributed by atoms with Gasteiger partial charge in [0.05, 0.1) is 5.41 Å². The van der Waals surface area contributed by atoms with Crippen LogP contribution in [-0.4, -0.2) is 0 Å². The normalized spacial score (nSPS) is 16.2. The van der Waals surface area contributed by atoms with Crippen molar-refractivity contribution in [1.29, 1.82) is 0 Å². The van der Waals surface area contributed by atoms with Crippen molar-refractivity contribution in [3.8, 4) is 11.1 Å². The largest absolute Gasteiger partial charge is 0.0991 e. The van der Waals surface area contributed by atoms with Crippen LogP contribution in [0.4, 0.5) is 0 Å². The van der Waals surface area contributed by atoms with Crippen molar-refractivity contribution in [2.45, 2.75) is 53.4 Å². The molecule has 0 spiro atoms. The third-order valence-electron chi connectivity index (χ3n) is 5.48. The van der Waals surface area contributed by atoms with Gasteiger partial charge in [-0.1, -0.05) is 143 Å². The van der Waals surface area contributed by atoms with Gasteiger partial charge in [0.25, 0.3) is 0 Å². The number of rotatable bonds is 4. The van der Waals surface area contributed by atoms with Gasteiger partial charge in [0.2, 0.25) is 0 Å². The van der Waals surface area contributed by atoms with Crippen LogP contribution >= 0.6 is 0 Å². The highest BCUT2D eigenvalue weighted by Crippen LogP contribution is 2.56. The Labute approximate surface area is 196 Å². The third-order valence-corrected chi connectivity index (χ3v) is 5.48. The zero-order chi connectivity index (χ0) is 23.6. The lowest BCUT2D eigenvalue weighted by molar-refractivity contribution is 0.766. The molecule has 1 aliphatic rings. The number of allylic oxidation sites excluding steroid dienone is 5. The molecule has 1 unspecified atom stereocenters. The van der Waals surface area contributed by atoms with Crippen molar-refractivity contribution >= 4 is 0 Å². The van der Waals surface area contributed by atoms with E-state index in [1.807, 2.05) is 19.9 Å². The highest BCUT2D eigenvalue weighted by Gasteiger charge is 2.46. The molecule has 0 N–H and O–H groups in total. The zero-order valence-electron chi connectivity index (χ0n) is 20.7. The molecule has 0 amide bonds. The first-order valence-electron chi connectivity index (χ1n) is 11.9. The summed E-state index contributed by atoms with van der Waals surface area (Å²) >= 11 is 0. The van der Waals surface area contributed by atoms with Crippen molar-refractivity contribution < 1.29 is 0 Å². The Bertz CT molecular complexity index is 1070. The first-order chi connectivity index (χ1) is 15.6. The Morgan fingerprint density at radius 3 is 2.06 bits per heavy atom. The standard InChI is InChI=1S/C27H24.C3H8.C2H6/c1-4-11-21(12-5-2)27(22-13-7-6-8-14-22)25-16-10-9-15-23(25)24-18-17-20(3)19-26(24)27;1-3-2;1-2/h4-19H,1H2,2-3H3;3H2,1-2H3;1-2H3/b12-5-,21-11+;;. The summed E-state index contributed by atoms with van der Waals surface area (Å²) in [6, 6.07) is 26.5. The van der Waals surface area contributed by atoms with Crippen LogP contribution in [0.1, 0.15) is 63.3 Å². The van der Waals surface area contributed by atoms with E-state index in [0.717, 1.165) is 0 Å². The lowest BCUT2D eigenvalue weighted by Gasteiger charge is -2.34. The number of hydrogen-bond acceptors (Lipinski definition) is 0. The van der Waals surface area contributed by atoms with Gasteiger partial charge in [-0.2, -0.15) is 0 Å². The molecule has 0 heteroatoms. The molecule has 4 rings (SSSR count). The Morgan fingerprint density at radius 2 is 1.44 bits per heavy atom. The van der Waals surface area contributed by atoms with Gasteiger partial charge in [0.15, 0.2) is 0 Å². The molecular weight excluding hydrogens is 384 g/mol. The molecular formula is C32H38. The predicted octanol–water partition coefficient (Wildman–Crippen LogP) is 9.44. The van der Waals surface area contributed by atoms with Crippen LogP contribution in [0.25, 0.3) is 11.1 Å². The van der Waals surface area contributed by atoms with E-state index in [2.05, 4.69) is 125 Å². The van der Waals surface area contributed by atoms with Crippen LogP contribution in [0.5, 0.6) is 0 Å². The van der Waals surface area contributed by atoms with E-state index in [9.17, 15) is 0 Å². The minimum Gasteiger partial charge on any atom is -0.0991 e. The summed E-state index contributed by atoms with van der Waals surface area (Å²) in [5.41, 5.74) is 8.79. The molecule has 0 bridgehead atoms. The molecule has 0 saturated carbocycles. The second kappa shape index (κ2) is 12.1. The second-order valence-electron chi connectivity index (χ2n) is 7.78. The van der Waals surface area contributed by atoms with Gasteiger partial charge in [-0.05, 0) is 47.2 Å². The molecule has 0 radical (unpaired) electrons. The Morgan fingerprint density at radius 1 is 0.844 bits per heavy atom. The fourth-order valence-electron chi connectivity index (χ4n) is 4.48. The summed E-state index contributed by atoms with van der Waals surface area (Å²) in [4.78, 5) is 0. The minimum absolute atomic E-state index is 0.333. The van der Waals surface area contributed by atoms with E-state index in [1.165, 1.54) is 45.4 Å². The number of benzene rings is 3. The fraction of sp³-hybridized carbons (Fsp3) is 0.250. The van der Waals surface area contributed by atoms with Gasteiger partial charge in [0, 0.05) is 0 Å². The Hall–Kier alpha value is -3.12. The van der Waals surface area contributed by atoms with E-state index in [1.54, 1.807) is 0 Å². The smallest absolute Gasteiger partial charge is 0.0713 e. The van der Waals surface area contributed by atoms with E-state index < -0.39 is 0 Å². The maximum atomic E-state index is 4.00. The van der Waals surface area contributed by atoms with Crippen molar-refractivity contribution in [2.75, 3.05) is 0 Å². The SMILES string of the molecule is C=C/C=C(\C=C/C)C1(c2ccccc2)c2ccccc2-c2ccc(C)cc21.CC.CCC. The average molecular weight is 423 g/mol. The maximum Gasteiger partial charge on any atom is 0.0713 e. The van der Waals surface area contributed by atoms with Crippen molar-refractivity contribution in [3.63, 3.8) is 0 Å². The van der Waals surface area contributed by atoms with Crippen LogP contribution in [0.2, 0.25) is 0 Å². The van der Waals surface area contributed by atoms with Crippen LogP contribution < -0.4 is 0 Å². The molecule has 0 aromatic heterocycles. The zero-order valence-corrected chi connectivity index (χ0v) is 20.7. The number of aryl methyl sites for hydroxylation is 1. The van der Waals surface area contributed by atoms with Crippen molar-refractivity contribution in [1.82, 2.24) is 0 Å². The van der Waals surface area contributed by atoms with Gasteiger partial charge < -0.3 is 0 Å². The summed E-state index contributed by atoms with van der Waals surface area (Å²) in [5.74, 6) is 0. The molecule has 0 nitrogen and oxygen atoms in total. The van der Waals surface area contributed by atoms with Crippen LogP contribution in [-0.2, 0) is 5.41 Å². The average Bonchev–Trinajstić information content (AvgIpc) is 3.12. The fourth-order valence-corrected chi connectivity index (χ4v) is 4.48. The lowest BCUT2D eigenvalue weighted by Crippen LogP contribution is -2.29. The summed E-state index contributed by atoms with van der Waals surface area (Å²) < 4.78 is 0. The summed E-state index contributed by atoms with van der Waals surface area (Å²) in [6.07, 6.45) is 9.65. The summed E-state index contributed by atoms with van der Waals surface area (Å²) in [6.45, 7) is 16.5. The highest BCUT2D eigenvalue weighted by molar-refractivity contribution is 5.86. The minimum atomic E-state index is -0.333. The van der Waals surface area contributed by atoms with Gasteiger partial charge >= 0.3 is 0 Å². The van der Waals surface area contributed by atoms with Crippen LogP contribution in [0.3, 0.4) is 0 Å². The maximum absolute atomic E-state index is 4.00. The van der Waals surface area contributed by atoms with Crippen LogP contribution in [0.15, 0.2) is 109 Å². The number of fused-ring (bicyclic) bond motifs is 3. The predicted molar refractivity (Wildman–Crippen MR) is 143 cm³/mol. The molecule has 0 saturated heterocycles. The van der Waals surface area contributed by atoms with Crippen molar-refractivity contribution in [3.05, 3.63) is 132 Å². The van der Waals surface area contributed by atoms with Crippen molar-refractivity contribution in [2.24, 2.45) is 0 Å². The highest BCUT2D eigenvalue weighted by atomic mass is 14.5. The molecule has 166 valence electrons. The van der Waals surface area contributed by atoms with Gasteiger partial charge in [-0.25, -0.2) is 0 Å². The molecule has 1 atom stereocenters. The molecule has 0 aliphatic heterocycles. The summed E-state index contributed by atoms with van der Waals surface area (Å²) in [5, 5.41) is 0. The van der Waals surface area contributed by atoms with Gasteiger partial charge in [-0.3, -0.25) is 0 Å². The van der Waals surface area contributed by atoms with E-state index in [0.29, 0.717) is 0 Å². The molecule has 32 heavy (non-hydrogen) atoms. The molecule has 3 aromatic carbocycles. The molecule has 0 heterocycles. The first kappa shape index (κ1) is 25.1. The monoisotopic (exact) mass is 422 g/mol. The van der Waals surface area contributed by atoms with E-state index >= 15 is 0 Å². The van der Waals surface area contributed by atoms with Gasteiger partial charge in [0.1, 0.15) is 0 Å². The van der Waals surface area contributed by atoms with Crippen LogP contribution in [0, 0.1) is 6.92 Å². The summed E-state index contributed by atoms with van der Waals surface area (Å²) in [7, 11) is 0. The first-order valence-corrected chi connectivity index (χ1v) is 11.9. The second-order valence-corrected chi connectivity index (χ2v) is 7.78. The van der Waals surface area contributed by atoms with Gasteiger partial charge in [-0.15, -0.1) is 0 Å². The Balaban J connectivity index is 0.000000671.